The number of aromatic nitrogens is 2. The third-order valence-electron chi connectivity index (χ3n) is 1.81. The molecular formula is C9H6BrClN2O. The van der Waals surface area contributed by atoms with E-state index >= 15 is 0 Å². The number of methoxy groups -OCH3 is 1. The Morgan fingerprint density at radius 3 is 2.86 bits per heavy atom. The molecule has 0 aliphatic rings. The van der Waals surface area contributed by atoms with E-state index in [2.05, 4.69) is 25.9 Å². The van der Waals surface area contributed by atoms with Gasteiger partial charge in [-0.25, -0.2) is 4.98 Å². The van der Waals surface area contributed by atoms with Crippen molar-refractivity contribution >= 4 is 38.4 Å². The van der Waals surface area contributed by atoms with E-state index in [1.807, 2.05) is 18.2 Å². The molecule has 1 aromatic heterocycles. The molecule has 0 aliphatic carbocycles. The van der Waals surface area contributed by atoms with Crippen LogP contribution >= 0.6 is 27.5 Å². The lowest BCUT2D eigenvalue weighted by molar-refractivity contribution is 0.402. The van der Waals surface area contributed by atoms with Gasteiger partial charge in [-0.3, -0.25) is 0 Å². The van der Waals surface area contributed by atoms with Crippen LogP contribution in [0.2, 0.25) is 5.28 Å². The predicted octanol–water partition coefficient (Wildman–Crippen LogP) is 3.05. The van der Waals surface area contributed by atoms with Crippen LogP contribution in [0.25, 0.3) is 10.9 Å². The summed E-state index contributed by atoms with van der Waals surface area (Å²) in [5.74, 6) is 0.487. The molecule has 0 saturated heterocycles. The first-order valence-corrected chi connectivity index (χ1v) is 5.05. The molecule has 0 atom stereocenters. The first kappa shape index (κ1) is 9.68. The van der Waals surface area contributed by atoms with Crippen molar-refractivity contribution in [3.63, 3.8) is 0 Å². The van der Waals surface area contributed by atoms with Crippen LogP contribution in [0.4, 0.5) is 0 Å². The van der Waals surface area contributed by atoms with Crippen molar-refractivity contribution in [2.75, 3.05) is 7.11 Å². The average molecular weight is 274 g/mol. The predicted molar refractivity (Wildman–Crippen MR) is 58.8 cm³/mol. The van der Waals surface area contributed by atoms with Crippen molar-refractivity contribution in [1.82, 2.24) is 9.97 Å². The van der Waals surface area contributed by atoms with E-state index in [9.17, 15) is 0 Å². The summed E-state index contributed by atoms with van der Waals surface area (Å²) in [6, 6.07) is 5.67. The third-order valence-corrected chi connectivity index (χ3v) is 2.62. The Morgan fingerprint density at radius 2 is 2.14 bits per heavy atom. The van der Waals surface area contributed by atoms with Crippen LogP contribution in [0.5, 0.6) is 5.88 Å². The van der Waals surface area contributed by atoms with Crippen LogP contribution in [0.3, 0.4) is 0 Å². The molecule has 14 heavy (non-hydrogen) atoms. The number of benzene rings is 1. The van der Waals surface area contributed by atoms with Crippen molar-refractivity contribution < 1.29 is 4.74 Å². The van der Waals surface area contributed by atoms with Gasteiger partial charge in [-0.15, -0.1) is 0 Å². The van der Waals surface area contributed by atoms with E-state index in [-0.39, 0.29) is 5.28 Å². The van der Waals surface area contributed by atoms with Crippen LogP contribution < -0.4 is 4.74 Å². The summed E-state index contributed by atoms with van der Waals surface area (Å²) in [7, 11) is 1.55. The third kappa shape index (κ3) is 1.55. The molecule has 0 unspecified atom stereocenters. The Labute approximate surface area is 94.2 Å². The smallest absolute Gasteiger partial charge is 0.226 e. The van der Waals surface area contributed by atoms with Gasteiger partial charge >= 0.3 is 0 Å². The lowest BCUT2D eigenvalue weighted by Gasteiger charge is -2.04. The average Bonchev–Trinajstić information content (AvgIpc) is 2.18. The zero-order chi connectivity index (χ0) is 10.1. The lowest BCUT2D eigenvalue weighted by atomic mass is 10.2. The molecule has 1 heterocycles. The fourth-order valence-corrected chi connectivity index (χ4v) is 1.83. The molecule has 2 aromatic rings. The highest BCUT2D eigenvalue weighted by Crippen LogP contribution is 2.28. The van der Waals surface area contributed by atoms with E-state index in [1.54, 1.807) is 7.11 Å². The van der Waals surface area contributed by atoms with Gasteiger partial charge in [0.25, 0.3) is 0 Å². The maximum absolute atomic E-state index is 5.75. The van der Waals surface area contributed by atoms with E-state index in [4.69, 9.17) is 16.3 Å². The van der Waals surface area contributed by atoms with E-state index < -0.39 is 0 Å². The highest BCUT2D eigenvalue weighted by Gasteiger charge is 2.08. The van der Waals surface area contributed by atoms with Crippen LogP contribution in [-0.2, 0) is 0 Å². The Bertz CT molecular complexity index is 489. The summed E-state index contributed by atoms with van der Waals surface area (Å²) < 4.78 is 5.98. The fourth-order valence-electron chi connectivity index (χ4n) is 1.22. The number of halogens is 2. The molecule has 0 fully saturated rings. The standard InChI is InChI=1S/C9H6BrClN2O/c1-14-8-5-3-2-4-6(10)7(5)12-9(11)13-8/h2-4H,1H3. The molecule has 0 saturated carbocycles. The quantitative estimate of drug-likeness (QED) is 0.749. The van der Waals surface area contributed by atoms with Gasteiger partial charge in [-0.05, 0) is 39.7 Å². The number of rotatable bonds is 1. The number of ether oxygens (including phenoxy) is 1. The molecule has 2 rings (SSSR count). The lowest BCUT2D eigenvalue weighted by Crippen LogP contribution is -1.93. The minimum atomic E-state index is 0.182. The second-order valence-corrected chi connectivity index (χ2v) is 3.83. The van der Waals surface area contributed by atoms with Crippen LogP contribution in [0.15, 0.2) is 22.7 Å². The Morgan fingerprint density at radius 1 is 1.36 bits per heavy atom. The summed E-state index contributed by atoms with van der Waals surface area (Å²) >= 11 is 9.14. The zero-order valence-corrected chi connectivity index (χ0v) is 9.63. The van der Waals surface area contributed by atoms with Crippen molar-refractivity contribution in [1.29, 1.82) is 0 Å². The van der Waals surface area contributed by atoms with Gasteiger partial charge in [-0.1, -0.05) is 6.07 Å². The van der Waals surface area contributed by atoms with Gasteiger partial charge in [0, 0.05) is 4.47 Å². The molecular weight excluding hydrogens is 267 g/mol. The summed E-state index contributed by atoms with van der Waals surface area (Å²) in [4.78, 5) is 8.08. The highest BCUT2D eigenvalue weighted by molar-refractivity contribution is 9.10. The molecule has 0 radical (unpaired) electrons. The Hall–Kier alpha value is -0.870. The van der Waals surface area contributed by atoms with Gasteiger partial charge in [0.1, 0.15) is 0 Å². The molecule has 5 heteroatoms. The van der Waals surface area contributed by atoms with E-state index in [1.165, 1.54) is 0 Å². The summed E-state index contributed by atoms with van der Waals surface area (Å²) in [5, 5.41) is 1.02. The molecule has 3 nitrogen and oxygen atoms in total. The monoisotopic (exact) mass is 272 g/mol. The number of fused-ring (bicyclic) bond motifs is 1. The maximum atomic E-state index is 5.75. The number of hydrogen-bond donors (Lipinski definition) is 0. The Kier molecular flexibility index (Phi) is 2.56. The molecule has 0 bridgehead atoms. The maximum Gasteiger partial charge on any atom is 0.226 e. The topological polar surface area (TPSA) is 35.0 Å². The van der Waals surface area contributed by atoms with Gasteiger partial charge in [0.05, 0.1) is 18.0 Å². The summed E-state index contributed by atoms with van der Waals surface area (Å²) in [6.45, 7) is 0. The van der Waals surface area contributed by atoms with Crippen LogP contribution in [0.1, 0.15) is 0 Å². The molecule has 1 aromatic carbocycles. The molecule has 0 spiro atoms. The van der Waals surface area contributed by atoms with Crippen LogP contribution in [-0.4, -0.2) is 17.1 Å². The van der Waals surface area contributed by atoms with Crippen molar-refractivity contribution in [2.24, 2.45) is 0 Å². The molecule has 0 amide bonds. The first-order valence-electron chi connectivity index (χ1n) is 3.88. The largest absolute Gasteiger partial charge is 0.480 e. The van der Waals surface area contributed by atoms with Crippen molar-refractivity contribution in [2.45, 2.75) is 0 Å². The zero-order valence-electron chi connectivity index (χ0n) is 7.29. The second-order valence-electron chi connectivity index (χ2n) is 2.64. The molecule has 0 N–H and O–H groups in total. The summed E-state index contributed by atoms with van der Waals surface area (Å²) in [5.41, 5.74) is 0.754. The SMILES string of the molecule is COc1nc(Cl)nc2c(Br)cccc12. The van der Waals surface area contributed by atoms with Crippen molar-refractivity contribution in [3.05, 3.63) is 28.0 Å². The first-order chi connectivity index (χ1) is 6.72. The van der Waals surface area contributed by atoms with Gasteiger partial charge in [-0.2, -0.15) is 4.98 Å². The van der Waals surface area contributed by atoms with Gasteiger partial charge in [0.15, 0.2) is 0 Å². The molecule has 0 aliphatic heterocycles. The summed E-state index contributed by atoms with van der Waals surface area (Å²) in [6.07, 6.45) is 0. The van der Waals surface area contributed by atoms with Gasteiger partial charge < -0.3 is 4.74 Å². The van der Waals surface area contributed by atoms with E-state index in [0.717, 1.165) is 15.4 Å². The Balaban J connectivity index is 2.87. The number of nitrogens with zero attached hydrogens (tertiary/aromatic N) is 2. The minimum absolute atomic E-state index is 0.182. The number of para-hydroxylation sites is 1. The number of hydrogen-bond acceptors (Lipinski definition) is 3. The second kappa shape index (κ2) is 3.71. The van der Waals surface area contributed by atoms with Gasteiger partial charge in [0.2, 0.25) is 11.2 Å². The fraction of sp³-hybridized carbons (Fsp3) is 0.111. The molecule has 72 valence electrons. The minimum Gasteiger partial charge on any atom is -0.480 e. The van der Waals surface area contributed by atoms with Crippen LogP contribution in [0, 0.1) is 0 Å². The van der Waals surface area contributed by atoms with Crippen molar-refractivity contribution in [3.8, 4) is 5.88 Å². The normalized spacial score (nSPS) is 10.5. The van der Waals surface area contributed by atoms with E-state index in [0.29, 0.717) is 5.88 Å². The highest BCUT2D eigenvalue weighted by atomic mass is 79.9.